The summed E-state index contributed by atoms with van der Waals surface area (Å²) in [4.78, 5) is 0. The van der Waals surface area contributed by atoms with Gasteiger partial charge in [-0.1, -0.05) is 42.0 Å². The van der Waals surface area contributed by atoms with Crippen molar-refractivity contribution in [1.82, 2.24) is 5.43 Å². The first-order valence-corrected chi connectivity index (χ1v) is 4.32. The molecule has 0 aromatic rings. The average Bonchev–Trinajstić information content (AvgIpc) is 1.85. The molecule has 0 saturated heterocycles. The van der Waals surface area contributed by atoms with Gasteiger partial charge in [-0.2, -0.15) is 0 Å². The number of hydrogen-bond donors (Lipinski definition) is 2. The number of halogens is 1. The molecule has 0 aromatic carbocycles. The van der Waals surface area contributed by atoms with Crippen LogP contribution in [0.5, 0.6) is 0 Å². The van der Waals surface area contributed by atoms with E-state index in [1.54, 1.807) is 6.20 Å². The third-order valence-electron chi connectivity index (χ3n) is 0.966. The summed E-state index contributed by atoms with van der Waals surface area (Å²) in [5, 5.41) is 0. The van der Waals surface area contributed by atoms with Crippen molar-refractivity contribution in [3.8, 4) is 0 Å². The van der Waals surface area contributed by atoms with Gasteiger partial charge in [-0.25, -0.2) is 0 Å². The third kappa shape index (κ3) is 6.11. The quantitative estimate of drug-likeness (QED) is 0.339. The van der Waals surface area contributed by atoms with E-state index in [9.17, 15) is 0 Å². The lowest BCUT2D eigenvalue weighted by atomic mass is 10.2. The molecule has 54 valence electrons. The normalized spacial score (nSPS) is 14.1. The van der Waals surface area contributed by atoms with Gasteiger partial charge in [0.1, 0.15) is 0 Å². The lowest BCUT2D eigenvalue weighted by Gasteiger charge is -1.98. The van der Waals surface area contributed by atoms with Crippen LogP contribution in [-0.2, 0) is 0 Å². The highest BCUT2D eigenvalue weighted by atomic mass is 127. The Bertz CT molecular complexity index is 83.1. The number of alkyl halides is 1. The van der Waals surface area contributed by atoms with Crippen molar-refractivity contribution in [2.75, 3.05) is 0 Å². The fourth-order valence-corrected chi connectivity index (χ4v) is 1.36. The zero-order valence-corrected chi connectivity index (χ0v) is 7.76. The standard InChI is InChI=1S/C6H13IN2/c1-2-3-6(7)4-5-9-8/h4-6,9H,2-3,8H2,1H3/b5-4-. The predicted octanol–water partition coefficient (Wildman–Crippen LogP) is 1.57. The van der Waals surface area contributed by atoms with Gasteiger partial charge in [0.2, 0.25) is 0 Å². The number of nitrogens with one attached hydrogen (secondary N) is 1. The van der Waals surface area contributed by atoms with Crippen molar-refractivity contribution >= 4 is 22.6 Å². The molecule has 1 atom stereocenters. The van der Waals surface area contributed by atoms with Crippen LogP contribution >= 0.6 is 22.6 Å². The summed E-state index contributed by atoms with van der Waals surface area (Å²) in [6.07, 6.45) is 6.28. The summed E-state index contributed by atoms with van der Waals surface area (Å²) in [5.41, 5.74) is 2.47. The summed E-state index contributed by atoms with van der Waals surface area (Å²) in [6, 6.07) is 0. The van der Waals surface area contributed by atoms with Crippen LogP contribution in [0.2, 0.25) is 0 Å². The zero-order valence-electron chi connectivity index (χ0n) is 5.60. The van der Waals surface area contributed by atoms with Crippen LogP contribution in [0, 0.1) is 0 Å². The van der Waals surface area contributed by atoms with Crippen LogP contribution in [-0.4, -0.2) is 3.92 Å². The second kappa shape index (κ2) is 6.35. The first-order chi connectivity index (χ1) is 4.31. The van der Waals surface area contributed by atoms with Gasteiger partial charge in [-0.05, 0) is 6.42 Å². The first-order valence-electron chi connectivity index (χ1n) is 3.08. The summed E-state index contributed by atoms with van der Waals surface area (Å²) >= 11 is 2.38. The van der Waals surface area contributed by atoms with Crippen molar-refractivity contribution in [3.05, 3.63) is 12.3 Å². The van der Waals surface area contributed by atoms with Gasteiger partial charge in [0.15, 0.2) is 0 Å². The lowest BCUT2D eigenvalue weighted by Crippen LogP contribution is -2.13. The molecule has 0 spiro atoms. The van der Waals surface area contributed by atoms with Gasteiger partial charge in [-0.15, -0.1) is 0 Å². The molecule has 0 amide bonds. The molecule has 0 bridgehead atoms. The van der Waals surface area contributed by atoms with E-state index in [0.29, 0.717) is 3.92 Å². The second-order valence-corrected chi connectivity index (χ2v) is 3.43. The zero-order chi connectivity index (χ0) is 7.11. The molecule has 0 fully saturated rings. The Morgan fingerprint density at radius 2 is 2.44 bits per heavy atom. The molecule has 0 rings (SSSR count). The molecule has 0 aliphatic heterocycles. The smallest absolute Gasteiger partial charge is 0.0306 e. The minimum atomic E-state index is 0.614. The Balaban J connectivity index is 3.25. The minimum absolute atomic E-state index is 0.614. The van der Waals surface area contributed by atoms with Crippen molar-refractivity contribution in [2.24, 2.45) is 5.84 Å². The van der Waals surface area contributed by atoms with E-state index < -0.39 is 0 Å². The van der Waals surface area contributed by atoms with Crippen molar-refractivity contribution in [2.45, 2.75) is 23.7 Å². The molecular weight excluding hydrogens is 227 g/mol. The largest absolute Gasteiger partial charge is 0.332 e. The Hall–Kier alpha value is 0.230. The van der Waals surface area contributed by atoms with Crippen LogP contribution in [0.4, 0.5) is 0 Å². The van der Waals surface area contributed by atoms with E-state index in [-0.39, 0.29) is 0 Å². The molecule has 0 saturated carbocycles. The van der Waals surface area contributed by atoms with E-state index >= 15 is 0 Å². The number of hydrogen-bond acceptors (Lipinski definition) is 2. The van der Waals surface area contributed by atoms with E-state index in [1.165, 1.54) is 12.8 Å². The van der Waals surface area contributed by atoms with Crippen LogP contribution in [0.15, 0.2) is 12.3 Å². The average molecular weight is 240 g/mol. The van der Waals surface area contributed by atoms with Gasteiger partial charge < -0.3 is 5.43 Å². The Kier molecular flexibility index (Phi) is 6.51. The van der Waals surface area contributed by atoms with Gasteiger partial charge in [-0.3, -0.25) is 5.84 Å². The fourth-order valence-electron chi connectivity index (χ4n) is 0.532. The maximum atomic E-state index is 5.03. The molecule has 3 N–H and O–H groups in total. The predicted molar refractivity (Wildman–Crippen MR) is 49.2 cm³/mol. The molecule has 0 aliphatic carbocycles. The van der Waals surface area contributed by atoms with Crippen LogP contribution in [0.1, 0.15) is 19.8 Å². The number of nitrogens with two attached hydrogens (primary N) is 1. The molecule has 9 heavy (non-hydrogen) atoms. The van der Waals surface area contributed by atoms with Crippen molar-refractivity contribution in [3.63, 3.8) is 0 Å². The summed E-state index contributed by atoms with van der Waals surface area (Å²) in [7, 11) is 0. The number of allylic oxidation sites excluding steroid dienone is 1. The Morgan fingerprint density at radius 1 is 1.78 bits per heavy atom. The van der Waals surface area contributed by atoms with Crippen LogP contribution in [0.25, 0.3) is 0 Å². The summed E-state index contributed by atoms with van der Waals surface area (Å²) in [6.45, 7) is 2.18. The monoisotopic (exact) mass is 240 g/mol. The summed E-state index contributed by atoms with van der Waals surface area (Å²) < 4.78 is 0.614. The Labute approximate surface area is 70.0 Å². The topological polar surface area (TPSA) is 38.0 Å². The maximum Gasteiger partial charge on any atom is 0.0306 e. The highest BCUT2D eigenvalue weighted by Crippen LogP contribution is 2.08. The molecule has 0 aliphatic rings. The van der Waals surface area contributed by atoms with Gasteiger partial charge >= 0.3 is 0 Å². The fraction of sp³-hybridized carbons (Fsp3) is 0.667. The molecule has 0 aromatic heterocycles. The van der Waals surface area contributed by atoms with E-state index in [2.05, 4.69) is 41.0 Å². The third-order valence-corrected chi connectivity index (χ3v) is 2.00. The molecule has 0 heterocycles. The highest BCUT2D eigenvalue weighted by molar-refractivity contribution is 14.1. The Morgan fingerprint density at radius 3 is 2.89 bits per heavy atom. The molecule has 3 heteroatoms. The first kappa shape index (κ1) is 9.23. The number of rotatable bonds is 4. The van der Waals surface area contributed by atoms with E-state index in [4.69, 9.17) is 5.84 Å². The van der Waals surface area contributed by atoms with Crippen LogP contribution in [0.3, 0.4) is 0 Å². The van der Waals surface area contributed by atoms with Gasteiger partial charge in [0.05, 0.1) is 0 Å². The van der Waals surface area contributed by atoms with Crippen molar-refractivity contribution in [1.29, 1.82) is 0 Å². The highest BCUT2D eigenvalue weighted by Gasteiger charge is 1.93. The lowest BCUT2D eigenvalue weighted by molar-refractivity contribution is 0.837. The summed E-state index contributed by atoms with van der Waals surface area (Å²) in [5.74, 6) is 5.03. The molecular formula is C6H13IN2. The number of hydrazine groups is 1. The van der Waals surface area contributed by atoms with Gasteiger partial charge in [0, 0.05) is 10.1 Å². The SMILES string of the molecule is CCCC(I)/C=C\NN. The molecule has 1 unspecified atom stereocenters. The second-order valence-electron chi connectivity index (χ2n) is 1.83. The molecule has 2 nitrogen and oxygen atoms in total. The maximum absolute atomic E-state index is 5.03. The van der Waals surface area contributed by atoms with E-state index in [0.717, 1.165) is 0 Å². The van der Waals surface area contributed by atoms with Crippen LogP contribution < -0.4 is 11.3 Å². The van der Waals surface area contributed by atoms with Gasteiger partial charge in [0.25, 0.3) is 0 Å². The minimum Gasteiger partial charge on any atom is -0.332 e. The molecule has 0 radical (unpaired) electrons. The van der Waals surface area contributed by atoms with E-state index in [1.807, 2.05) is 0 Å². The van der Waals surface area contributed by atoms with Crippen molar-refractivity contribution < 1.29 is 0 Å².